The van der Waals surface area contributed by atoms with Crippen LogP contribution in [0.15, 0.2) is 42.7 Å². The number of carbonyl (C=O) groups excluding carboxylic acids is 1. The fourth-order valence-corrected chi connectivity index (χ4v) is 2.74. The van der Waals surface area contributed by atoms with Crippen LogP contribution in [0, 0.1) is 5.82 Å². The lowest BCUT2D eigenvalue weighted by Crippen LogP contribution is -2.30. The van der Waals surface area contributed by atoms with Crippen molar-refractivity contribution >= 4 is 11.6 Å². The summed E-state index contributed by atoms with van der Waals surface area (Å²) in [6.07, 6.45) is 4.58. The number of ether oxygens (including phenoxy) is 2. The average Bonchev–Trinajstić information content (AvgIpc) is 3.13. The van der Waals surface area contributed by atoms with Crippen LogP contribution in [0.25, 0.3) is 11.1 Å². The van der Waals surface area contributed by atoms with Gasteiger partial charge in [0.25, 0.3) is 5.91 Å². The van der Waals surface area contributed by atoms with Crippen molar-refractivity contribution in [2.24, 2.45) is 0 Å². The molecule has 1 amide bonds. The average molecular weight is 344 g/mol. The number of aromatic nitrogens is 1. The predicted octanol–water partition coefficient (Wildman–Crippen LogP) is 3.41. The zero-order chi connectivity index (χ0) is 17.6. The summed E-state index contributed by atoms with van der Waals surface area (Å²) in [5, 5.41) is 2.81. The highest BCUT2D eigenvalue weighted by Crippen LogP contribution is 2.27. The first-order valence-electron chi connectivity index (χ1n) is 8.37. The quantitative estimate of drug-likeness (QED) is 0.872. The van der Waals surface area contributed by atoms with E-state index in [-0.39, 0.29) is 17.8 Å². The molecule has 3 rings (SSSR count). The SMILES string of the molecule is C[C@H](OC[C@@H]1CCCO1)C(=O)Nc1cnccc1-c1cccc(F)c1. The van der Waals surface area contributed by atoms with Gasteiger partial charge < -0.3 is 14.8 Å². The fourth-order valence-electron chi connectivity index (χ4n) is 2.74. The van der Waals surface area contributed by atoms with Gasteiger partial charge in [-0.25, -0.2) is 4.39 Å². The van der Waals surface area contributed by atoms with Crippen LogP contribution in [0.4, 0.5) is 10.1 Å². The van der Waals surface area contributed by atoms with E-state index < -0.39 is 6.10 Å². The lowest BCUT2D eigenvalue weighted by molar-refractivity contribution is -0.128. The van der Waals surface area contributed by atoms with Crippen LogP contribution in [0.3, 0.4) is 0 Å². The molecule has 1 aliphatic heterocycles. The summed E-state index contributed by atoms with van der Waals surface area (Å²) in [6.45, 7) is 2.85. The third kappa shape index (κ3) is 4.61. The van der Waals surface area contributed by atoms with Crippen molar-refractivity contribution in [2.75, 3.05) is 18.5 Å². The molecule has 0 aliphatic carbocycles. The minimum absolute atomic E-state index is 0.0662. The number of hydrogen-bond donors (Lipinski definition) is 1. The van der Waals surface area contributed by atoms with Crippen LogP contribution in [0.5, 0.6) is 0 Å². The van der Waals surface area contributed by atoms with Gasteiger partial charge in [0.1, 0.15) is 11.9 Å². The molecule has 2 atom stereocenters. The van der Waals surface area contributed by atoms with Gasteiger partial charge in [-0.1, -0.05) is 12.1 Å². The minimum atomic E-state index is -0.621. The summed E-state index contributed by atoms with van der Waals surface area (Å²) in [5.74, 6) is -0.608. The minimum Gasteiger partial charge on any atom is -0.376 e. The van der Waals surface area contributed by atoms with Crippen molar-refractivity contribution in [3.63, 3.8) is 0 Å². The van der Waals surface area contributed by atoms with Crippen LogP contribution in [-0.2, 0) is 14.3 Å². The lowest BCUT2D eigenvalue weighted by Gasteiger charge is -2.17. The molecule has 1 aromatic heterocycles. The number of nitrogens with zero attached hydrogens (tertiary/aromatic N) is 1. The second kappa shape index (κ2) is 8.18. The zero-order valence-electron chi connectivity index (χ0n) is 14.1. The number of halogens is 1. The molecule has 1 aliphatic rings. The Labute approximate surface area is 146 Å². The summed E-state index contributed by atoms with van der Waals surface area (Å²) >= 11 is 0. The Balaban J connectivity index is 1.66. The van der Waals surface area contributed by atoms with E-state index in [0.717, 1.165) is 19.4 Å². The van der Waals surface area contributed by atoms with Crippen LogP contribution in [-0.4, -0.2) is 36.3 Å². The molecule has 0 spiro atoms. The van der Waals surface area contributed by atoms with Crippen molar-refractivity contribution in [2.45, 2.75) is 32.0 Å². The number of nitrogens with one attached hydrogen (secondary N) is 1. The first-order valence-corrected chi connectivity index (χ1v) is 8.37. The standard InChI is InChI=1S/C19H21FN2O3/c1-13(25-12-16-6-3-9-24-16)19(23)22-18-11-21-8-7-17(18)14-4-2-5-15(20)10-14/h2,4-5,7-8,10-11,13,16H,3,6,9,12H2,1H3,(H,22,23)/t13-,16-/m0/s1. The molecule has 1 fully saturated rings. The van der Waals surface area contributed by atoms with Crippen molar-refractivity contribution in [1.82, 2.24) is 4.98 Å². The maximum absolute atomic E-state index is 13.5. The van der Waals surface area contributed by atoms with Crippen molar-refractivity contribution in [3.8, 4) is 11.1 Å². The van der Waals surface area contributed by atoms with E-state index in [1.54, 1.807) is 37.5 Å². The van der Waals surface area contributed by atoms with Crippen LogP contribution in [0.2, 0.25) is 0 Å². The monoisotopic (exact) mass is 344 g/mol. The highest BCUT2D eigenvalue weighted by atomic mass is 19.1. The summed E-state index contributed by atoms with van der Waals surface area (Å²) in [5.41, 5.74) is 1.89. The zero-order valence-corrected chi connectivity index (χ0v) is 14.1. The normalized spacial score (nSPS) is 18.1. The van der Waals surface area contributed by atoms with Crippen molar-refractivity contribution in [3.05, 3.63) is 48.5 Å². The molecule has 6 heteroatoms. The number of carbonyl (C=O) groups is 1. The molecule has 0 unspecified atom stereocenters. The van der Waals surface area contributed by atoms with Crippen LogP contribution in [0.1, 0.15) is 19.8 Å². The molecule has 0 bridgehead atoms. The summed E-state index contributed by atoms with van der Waals surface area (Å²) < 4.78 is 24.6. The van der Waals surface area contributed by atoms with Crippen LogP contribution >= 0.6 is 0 Å². The van der Waals surface area contributed by atoms with E-state index in [0.29, 0.717) is 23.4 Å². The lowest BCUT2D eigenvalue weighted by atomic mass is 10.1. The molecule has 132 valence electrons. The Kier molecular flexibility index (Phi) is 5.73. The van der Waals surface area contributed by atoms with Gasteiger partial charge >= 0.3 is 0 Å². The second-order valence-electron chi connectivity index (χ2n) is 6.03. The van der Waals surface area contributed by atoms with Gasteiger partial charge in [-0.05, 0) is 43.5 Å². The van der Waals surface area contributed by atoms with E-state index in [2.05, 4.69) is 10.3 Å². The smallest absolute Gasteiger partial charge is 0.253 e. The molecule has 1 saturated heterocycles. The maximum atomic E-state index is 13.5. The molecule has 0 radical (unpaired) electrons. The van der Waals surface area contributed by atoms with E-state index in [9.17, 15) is 9.18 Å². The highest BCUT2D eigenvalue weighted by molar-refractivity contribution is 5.97. The van der Waals surface area contributed by atoms with E-state index >= 15 is 0 Å². The first-order chi connectivity index (χ1) is 12.1. The summed E-state index contributed by atoms with van der Waals surface area (Å²) in [4.78, 5) is 16.4. The third-order valence-corrected chi connectivity index (χ3v) is 4.14. The summed E-state index contributed by atoms with van der Waals surface area (Å²) in [7, 11) is 0. The Morgan fingerprint density at radius 1 is 1.48 bits per heavy atom. The Bertz CT molecular complexity index is 732. The van der Waals surface area contributed by atoms with Crippen molar-refractivity contribution in [1.29, 1.82) is 0 Å². The van der Waals surface area contributed by atoms with Gasteiger partial charge in [0.2, 0.25) is 0 Å². The number of pyridine rings is 1. The predicted molar refractivity (Wildman–Crippen MR) is 92.6 cm³/mol. The molecule has 0 saturated carbocycles. The molecular formula is C19H21FN2O3. The van der Waals surface area contributed by atoms with Crippen molar-refractivity contribution < 1.29 is 18.7 Å². The number of anilines is 1. The highest BCUT2D eigenvalue weighted by Gasteiger charge is 2.20. The van der Waals surface area contributed by atoms with Gasteiger partial charge in [-0.3, -0.25) is 9.78 Å². The molecule has 5 nitrogen and oxygen atoms in total. The number of benzene rings is 1. The maximum Gasteiger partial charge on any atom is 0.253 e. The Morgan fingerprint density at radius 3 is 3.12 bits per heavy atom. The van der Waals surface area contributed by atoms with Gasteiger partial charge in [-0.15, -0.1) is 0 Å². The van der Waals surface area contributed by atoms with Gasteiger partial charge in [0.15, 0.2) is 0 Å². The third-order valence-electron chi connectivity index (χ3n) is 4.14. The number of hydrogen-bond acceptors (Lipinski definition) is 4. The molecule has 2 aromatic rings. The molecule has 1 aromatic carbocycles. The largest absolute Gasteiger partial charge is 0.376 e. The van der Waals surface area contributed by atoms with Crippen LogP contribution < -0.4 is 5.32 Å². The Hall–Kier alpha value is -2.31. The second-order valence-corrected chi connectivity index (χ2v) is 6.03. The first kappa shape index (κ1) is 17.5. The van der Waals surface area contributed by atoms with E-state index in [1.165, 1.54) is 12.1 Å². The summed E-state index contributed by atoms with van der Waals surface area (Å²) in [6, 6.07) is 7.95. The van der Waals surface area contributed by atoms with Gasteiger partial charge in [-0.2, -0.15) is 0 Å². The van der Waals surface area contributed by atoms with Gasteiger partial charge in [0.05, 0.1) is 24.6 Å². The topological polar surface area (TPSA) is 60.5 Å². The van der Waals surface area contributed by atoms with E-state index in [1.807, 2.05) is 0 Å². The molecule has 25 heavy (non-hydrogen) atoms. The van der Waals surface area contributed by atoms with E-state index in [4.69, 9.17) is 9.47 Å². The number of rotatable bonds is 6. The van der Waals surface area contributed by atoms with Gasteiger partial charge in [0, 0.05) is 18.4 Å². The molecule has 2 heterocycles. The molecular weight excluding hydrogens is 323 g/mol. The number of amides is 1. The molecule has 1 N–H and O–H groups in total. The Morgan fingerprint density at radius 2 is 2.36 bits per heavy atom. The fraction of sp³-hybridized carbons (Fsp3) is 0.368.